The molecule has 1 heterocycles. The molecule has 6 heteroatoms. The molecule has 1 aromatic heterocycles. The van der Waals surface area contributed by atoms with E-state index >= 15 is 0 Å². The number of anilines is 1. The number of benzene rings is 1. The molecule has 1 N–H and O–H groups in total. The Morgan fingerprint density at radius 2 is 2.24 bits per heavy atom. The van der Waals surface area contributed by atoms with Crippen molar-refractivity contribution in [3.8, 4) is 10.6 Å². The van der Waals surface area contributed by atoms with Crippen molar-refractivity contribution in [1.29, 1.82) is 0 Å². The molecule has 0 radical (unpaired) electrons. The fourth-order valence-electron chi connectivity index (χ4n) is 1.30. The fraction of sp³-hybridized carbons (Fsp3) is 0.273. The Morgan fingerprint density at radius 3 is 3.00 bits per heavy atom. The Bertz CT molecular complexity index is 515. The second-order valence-electron chi connectivity index (χ2n) is 3.46. The van der Waals surface area contributed by atoms with E-state index in [2.05, 4.69) is 22.4 Å². The number of nitrogens with one attached hydrogen (secondary N) is 1. The minimum atomic E-state index is -0.331. The summed E-state index contributed by atoms with van der Waals surface area (Å²) >= 11 is 7.36. The lowest BCUT2D eigenvalue weighted by Crippen LogP contribution is -1.98. The Morgan fingerprint density at radius 1 is 1.41 bits per heavy atom. The van der Waals surface area contributed by atoms with Gasteiger partial charge in [-0.3, -0.25) is 0 Å². The second kappa shape index (κ2) is 5.42. The molecule has 0 saturated heterocycles. The van der Waals surface area contributed by atoms with E-state index in [0.29, 0.717) is 15.6 Å². The van der Waals surface area contributed by atoms with Crippen molar-refractivity contribution in [2.75, 3.05) is 11.9 Å². The number of aromatic nitrogens is 2. The van der Waals surface area contributed by atoms with E-state index in [0.717, 1.165) is 18.1 Å². The van der Waals surface area contributed by atoms with Crippen molar-refractivity contribution >= 4 is 28.1 Å². The maximum absolute atomic E-state index is 13.1. The number of rotatable bonds is 4. The van der Waals surface area contributed by atoms with Crippen LogP contribution in [0.2, 0.25) is 5.02 Å². The van der Waals surface area contributed by atoms with Crippen LogP contribution in [-0.4, -0.2) is 16.7 Å². The molecule has 0 aliphatic rings. The lowest BCUT2D eigenvalue weighted by molar-refractivity contribution is 0.628. The number of halogens is 2. The second-order valence-corrected chi connectivity index (χ2v) is 4.85. The molecular formula is C11H11ClFN3S. The summed E-state index contributed by atoms with van der Waals surface area (Å²) in [6.45, 7) is 2.91. The van der Waals surface area contributed by atoms with E-state index in [9.17, 15) is 4.39 Å². The molecule has 0 aliphatic heterocycles. The zero-order valence-electron chi connectivity index (χ0n) is 9.20. The van der Waals surface area contributed by atoms with Gasteiger partial charge in [-0.05, 0) is 24.6 Å². The van der Waals surface area contributed by atoms with Gasteiger partial charge >= 0.3 is 0 Å². The third-order valence-electron chi connectivity index (χ3n) is 2.11. The van der Waals surface area contributed by atoms with E-state index in [1.54, 1.807) is 0 Å². The van der Waals surface area contributed by atoms with E-state index in [1.807, 2.05) is 0 Å². The molecule has 0 atom stereocenters. The van der Waals surface area contributed by atoms with Crippen LogP contribution in [0.15, 0.2) is 18.2 Å². The van der Waals surface area contributed by atoms with Crippen molar-refractivity contribution in [3.05, 3.63) is 29.0 Å². The third-order valence-corrected chi connectivity index (χ3v) is 3.35. The van der Waals surface area contributed by atoms with E-state index in [1.165, 1.54) is 29.5 Å². The van der Waals surface area contributed by atoms with Gasteiger partial charge in [-0.15, -0.1) is 10.2 Å². The Kier molecular flexibility index (Phi) is 3.91. The minimum Gasteiger partial charge on any atom is -0.360 e. The topological polar surface area (TPSA) is 37.8 Å². The van der Waals surface area contributed by atoms with Crippen molar-refractivity contribution in [2.24, 2.45) is 0 Å². The van der Waals surface area contributed by atoms with Gasteiger partial charge in [0.2, 0.25) is 5.13 Å². The highest BCUT2D eigenvalue weighted by molar-refractivity contribution is 7.18. The molecule has 0 bridgehead atoms. The largest absolute Gasteiger partial charge is 0.360 e. The normalized spacial score (nSPS) is 10.5. The zero-order chi connectivity index (χ0) is 12.3. The summed E-state index contributed by atoms with van der Waals surface area (Å²) in [5.41, 5.74) is 0.578. The standard InChI is InChI=1S/C11H11ClFN3S/c1-2-5-14-11-16-15-10(17-11)8-6-7(13)3-4-9(8)12/h3-4,6H,2,5H2,1H3,(H,14,16). The van der Waals surface area contributed by atoms with Crippen LogP contribution in [0.4, 0.5) is 9.52 Å². The quantitative estimate of drug-likeness (QED) is 0.919. The Hall–Kier alpha value is -1.20. The van der Waals surface area contributed by atoms with Crippen LogP contribution < -0.4 is 5.32 Å². The van der Waals surface area contributed by atoms with Gasteiger partial charge in [0.1, 0.15) is 5.82 Å². The number of hydrogen-bond donors (Lipinski definition) is 1. The van der Waals surface area contributed by atoms with E-state index in [4.69, 9.17) is 11.6 Å². The van der Waals surface area contributed by atoms with Gasteiger partial charge in [-0.2, -0.15) is 0 Å². The van der Waals surface area contributed by atoms with Crippen molar-refractivity contribution in [3.63, 3.8) is 0 Å². The molecule has 3 nitrogen and oxygen atoms in total. The molecular weight excluding hydrogens is 261 g/mol. The molecule has 0 unspecified atom stereocenters. The first-order valence-electron chi connectivity index (χ1n) is 5.23. The smallest absolute Gasteiger partial charge is 0.206 e. The van der Waals surface area contributed by atoms with Crippen molar-refractivity contribution < 1.29 is 4.39 Å². The molecule has 1 aromatic carbocycles. The van der Waals surface area contributed by atoms with Crippen LogP contribution in [0.25, 0.3) is 10.6 Å². The average molecular weight is 272 g/mol. The van der Waals surface area contributed by atoms with Gasteiger partial charge < -0.3 is 5.32 Å². The molecule has 0 saturated carbocycles. The number of nitrogens with zero attached hydrogens (tertiary/aromatic N) is 2. The molecule has 17 heavy (non-hydrogen) atoms. The third kappa shape index (κ3) is 2.92. The van der Waals surface area contributed by atoms with Crippen LogP contribution >= 0.6 is 22.9 Å². The van der Waals surface area contributed by atoms with Crippen LogP contribution in [0.5, 0.6) is 0 Å². The molecule has 2 rings (SSSR count). The van der Waals surface area contributed by atoms with Crippen LogP contribution in [0, 0.1) is 5.82 Å². The monoisotopic (exact) mass is 271 g/mol. The Balaban J connectivity index is 2.27. The van der Waals surface area contributed by atoms with Gasteiger partial charge in [0.05, 0.1) is 5.02 Å². The first-order valence-corrected chi connectivity index (χ1v) is 6.43. The lowest BCUT2D eigenvalue weighted by atomic mass is 10.2. The summed E-state index contributed by atoms with van der Waals surface area (Å²) in [7, 11) is 0. The van der Waals surface area contributed by atoms with Gasteiger partial charge in [0.25, 0.3) is 0 Å². The zero-order valence-corrected chi connectivity index (χ0v) is 10.8. The maximum Gasteiger partial charge on any atom is 0.206 e. The lowest BCUT2D eigenvalue weighted by Gasteiger charge is -1.99. The molecule has 0 aliphatic carbocycles. The first-order chi connectivity index (χ1) is 8.20. The van der Waals surface area contributed by atoms with Gasteiger partial charge in [-0.25, -0.2) is 4.39 Å². The fourth-order valence-corrected chi connectivity index (χ4v) is 2.36. The highest BCUT2D eigenvalue weighted by Gasteiger charge is 2.10. The predicted octanol–water partition coefficient (Wildman–Crippen LogP) is 3.82. The highest BCUT2D eigenvalue weighted by atomic mass is 35.5. The van der Waals surface area contributed by atoms with Gasteiger partial charge in [0.15, 0.2) is 5.01 Å². The van der Waals surface area contributed by atoms with Gasteiger partial charge in [0, 0.05) is 12.1 Å². The van der Waals surface area contributed by atoms with E-state index in [-0.39, 0.29) is 5.82 Å². The SMILES string of the molecule is CCCNc1nnc(-c2cc(F)ccc2Cl)s1. The average Bonchev–Trinajstić information content (AvgIpc) is 2.78. The van der Waals surface area contributed by atoms with Crippen LogP contribution in [0.3, 0.4) is 0 Å². The summed E-state index contributed by atoms with van der Waals surface area (Å²) < 4.78 is 13.1. The van der Waals surface area contributed by atoms with E-state index < -0.39 is 0 Å². The Labute approximate surface area is 108 Å². The van der Waals surface area contributed by atoms with Crippen LogP contribution in [0.1, 0.15) is 13.3 Å². The number of hydrogen-bond acceptors (Lipinski definition) is 4. The predicted molar refractivity (Wildman–Crippen MR) is 69.1 cm³/mol. The molecule has 0 fully saturated rings. The minimum absolute atomic E-state index is 0.331. The summed E-state index contributed by atoms with van der Waals surface area (Å²) in [5, 5.41) is 12.9. The summed E-state index contributed by atoms with van der Waals surface area (Å²) in [6.07, 6.45) is 1.01. The molecule has 0 amide bonds. The highest BCUT2D eigenvalue weighted by Crippen LogP contribution is 2.32. The van der Waals surface area contributed by atoms with Crippen LogP contribution in [-0.2, 0) is 0 Å². The van der Waals surface area contributed by atoms with Crippen molar-refractivity contribution in [1.82, 2.24) is 10.2 Å². The molecule has 0 spiro atoms. The van der Waals surface area contributed by atoms with Gasteiger partial charge in [-0.1, -0.05) is 29.9 Å². The summed E-state index contributed by atoms with van der Waals surface area (Å²) in [6, 6.07) is 4.21. The summed E-state index contributed by atoms with van der Waals surface area (Å²) in [4.78, 5) is 0. The molecule has 90 valence electrons. The van der Waals surface area contributed by atoms with Crippen molar-refractivity contribution in [2.45, 2.75) is 13.3 Å². The first kappa shape index (κ1) is 12.3. The maximum atomic E-state index is 13.1. The summed E-state index contributed by atoms with van der Waals surface area (Å²) in [5.74, 6) is -0.331. The molecule has 2 aromatic rings.